The fourth-order valence-electron chi connectivity index (χ4n) is 8.60. The van der Waals surface area contributed by atoms with Crippen LogP contribution in [0.5, 0.6) is 34.5 Å². The molecule has 10 nitrogen and oxygen atoms in total. The van der Waals surface area contributed by atoms with Crippen molar-refractivity contribution in [2.24, 2.45) is 0 Å². The van der Waals surface area contributed by atoms with Crippen LogP contribution >= 0.6 is 0 Å². The van der Waals surface area contributed by atoms with Crippen LogP contribution in [0.1, 0.15) is 33.9 Å². The first-order chi connectivity index (χ1) is 26.6. The summed E-state index contributed by atoms with van der Waals surface area (Å²) >= 11 is 0. The van der Waals surface area contributed by atoms with E-state index in [0.29, 0.717) is 77.8 Å². The lowest BCUT2D eigenvalue weighted by atomic mass is 9.83. The van der Waals surface area contributed by atoms with Crippen LogP contribution in [-0.4, -0.2) is 44.6 Å². The Kier molecular flexibility index (Phi) is 8.26. The molecule has 4 aromatic carbocycles. The minimum Gasteiger partial charge on any atom is -0.507 e. The van der Waals surface area contributed by atoms with E-state index in [4.69, 9.17) is 9.47 Å². The van der Waals surface area contributed by atoms with Gasteiger partial charge in [-0.1, -0.05) is 12.1 Å². The number of hydrogen-bond acceptors (Lipinski definition) is 8. The zero-order valence-corrected chi connectivity index (χ0v) is 32.2. The average Bonchev–Trinajstić information content (AvgIpc) is 3.11. The Hall–Kier alpha value is -6.94. The molecule has 0 bridgehead atoms. The molecule has 0 atom stereocenters. The van der Waals surface area contributed by atoms with E-state index in [0.717, 1.165) is 22.5 Å². The van der Waals surface area contributed by atoms with E-state index < -0.39 is 10.9 Å². The maximum absolute atomic E-state index is 14.1. The van der Waals surface area contributed by atoms with Crippen LogP contribution in [0, 0.1) is 41.5 Å². The molecule has 0 saturated carbocycles. The number of aromatic nitrogens is 2. The van der Waals surface area contributed by atoms with E-state index >= 15 is 0 Å². The summed E-state index contributed by atoms with van der Waals surface area (Å²) < 4.78 is 11.7. The van der Waals surface area contributed by atoms with Gasteiger partial charge in [0.05, 0.1) is 25.0 Å². The lowest BCUT2D eigenvalue weighted by Crippen LogP contribution is -2.10. The minimum absolute atomic E-state index is 0.144. The molecule has 4 aromatic rings. The van der Waals surface area contributed by atoms with Gasteiger partial charge in [0, 0.05) is 79.4 Å². The summed E-state index contributed by atoms with van der Waals surface area (Å²) in [7, 11) is 2.98. The number of fused-ring (bicyclic) bond motifs is 4. The number of pyridine rings is 2. The SMILES string of the molecule is COc1cc(C)cc2c(-c3c4cc(C)[nH]c(C)c-4c(O)cc3=O)cc(-c3cc(-c4c5cc(C)[nH]c(C)c-5c(O)cc4=O)c4cc(C)cc(OC)c4c3O)c(O)c12. The van der Waals surface area contributed by atoms with Crippen molar-refractivity contribution in [2.45, 2.75) is 41.5 Å². The number of aromatic amines is 2. The summed E-state index contributed by atoms with van der Waals surface area (Å²) in [5.74, 6) is -0.142. The summed E-state index contributed by atoms with van der Waals surface area (Å²) in [4.78, 5) is 34.8. The fourth-order valence-corrected chi connectivity index (χ4v) is 8.60. The number of nitrogens with one attached hydrogen (secondary N) is 2. The zero-order valence-electron chi connectivity index (χ0n) is 32.2. The minimum atomic E-state index is -0.451. The van der Waals surface area contributed by atoms with Crippen LogP contribution in [0.2, 0.25) is 0 Å². The van der Waals surface area contributed by atoms with Gasteiger partial charge >= 0.3 is 0 Å². The highest BCUT2D eigenvalue weighted by molar-refractivity contribution is 6.14. The van der Waals surface area contributed by atoms with Gasteiger partial charge in [-0.05, 0) is 111 Å². The van der Waals surface area contributed by atoms with Crippen LogP contribution in [0.3, 0.4) is 0 Å². The normalized spacial score (nSPS) is 11.6. The Labute approximate surface area is 321 Å². The summed E-state index contributed by atoms with van der Waals surface area (Å²) in [5.41, 5.74) is 7.17. The summed E-state index contributed by atoms with van der Waals surface area (Å²) in [6, 6.07) is 16.6. The Morgan fingerprint density at radius 1 is 0.446 bits per heavy atom. The number of H-pyrrole nitrogens is 2. The Morgan fingerprint density at radius 3 is 1.18 bits per heavy atom. The van der Waals surface area contributed by atoms with Crippen molar-refractivity contribution < 1.29 is 29.9 Å². The lowest BCUT2D eigenvalue weighted by molar-refractivity contribution is 0.415. The van der Waals surface area contributed by atoms with Crippen molar-refractivity contribution in [3.05, 3.63) is 115 Å². The number of aryl methyl sites for hydroxylation is 6. The summed E-state index contributed by atoms with van der Waals surface area (Å²) in [5, 5.41) is 48.5. The summed E-state index contributed by atoms with van der Waals surface area (Å²) in [6.45, 7) is 11.1. The highest BCUT2D eigenvalue weighted by Crippen LogP contribution is 2.54. The molecule has 282 valence electrons. The van der Waals surface area contributed by atoms with E-state index in [2.05, 4.69) is 9.97 Å². The van der Waals surface area contributed by atoms with Crippen LogP contribution in [-0.2, 0) is 0 Å². The van der Waals surface area contributed by atoms with Gasteiger partial charge in [-0.25, -0.2) is 0 Å². The molecule has 0 aromatic heterocycles. The molecule has 56 heavy (non-hydrogen) atoms. The van der Waals surface area contributed by atoms with Gasteiger partial charge in [0.15, 0.2) is 10.9 Å². The number of methoxy groups -OCH3 is 2. The number of phenols is 4. The topological polar surface area (TPSA) is 165 Å². The monoisotopic (exact) mass is 748 g/mol. The summed E-state index contributed by atoms with van der Waals surface area (Å²) in [6.07, 6.45) is 0. The van der Waals surface area contributed by atoms with Gasteiger partial charge in [-0.15, -0.1) is 0 Å². The van der Waals surface area contributed by atoms with Crippen molar-refractivity contribution in [3.63, 3.8) is 0 Å². The molecule has 0 saturated heterocycles. The second-order valence-corrected chi connectivity index (χ2v) is 14.7. The number of phenolic OH excluding ortho intramolecular Hbond substituents is 4. The molecule has 10 heteroatoms. The predicted octanol–water partition coefficient (Wildman–Crippen LogP) is 9.27. The van der Waals surface area contributed by atoms with Crippen LogP contribution in [0.15, 0.2) is 70.3 Å². The van der Waals surface area contributed by atoms with Crippen molar-refractivity contribution in [1.82, 2.24) is 9.97 Å². The predicted molar refractivity (Wildman–Crippen MR) is 220 cm³/mol. The molecule has 2 aliphatic heterocycles. The largest absolute Gasteiger partial charge is 0.507 e. The van der Waals surface area contributed by atoms with Crippen molar-refractivity contribution >= 4 is 21.5 Å². The number of aromatic hydroxyl groups is 4. The first-order valence-electron chi connectivity index (χ1n) is 18.1. The van der Waals surface area contributed by atoms with Crippen LogP contribution in [0.4, 0.5) is 0 Å². The molecule has 0 radical (unpaired) electrons. The number of rotatable bonds is 5. The first-order valence-corrected chi connectivity index (χ1v) is 18.1. The van der Waals surface area contributed by atoms with Gasteiger partial charge in [0.1, 0.15) is 34.5 Å². The van der Waals surface area contributed by atoms with Crippen molar-refractivity contribution in [3.8, 4) is 90.1 Å². The molecule has 2 aliphatic carbocycles. The van der Waals surface area contributed by atoms with Gasteiger partial charge < -0.3 is 39.9 Å². The molecular formula is C46H40N2O8. The first kappa shape index (κ1) is 36.1. The molecule has 0 unspecified atom stereocenters. The van der Waals surface area contributed by atoms with E-state index in [1.165, 1.54) is 26.4 Å². The van der Waals surface area contributed by atoms with Gasteiger partial charge in [0.25, 0.3) is 0 Å². The standard InChI is InChI=1S/C46H40N2O8/c1-19-9-25-27(41-31-13-21(3)47-23(5)39(31)33(49)17-35(41)51)15-29(45(53)43(25)37(11-19)55-7)30-16-28(26-10-20(2)12-38(56-8)44(26)46(30)54)42-32-14-22(4)48-24(6)40(32)34(50)18-36(42)52/h9-18,47-50,53-54H,1-8H3. The fraction of sp³-hybridized carbons (Fsp3) is 0.174. The molecular weight excluding hydrogens is 709 g/mol. The van der Waals surface area contributed by atoms with Gasteiger partial charge in [-0.2, -0.15) is 0 Å². The zero-order chi connectivity index (χ0) is 40.1. The van der Waals surface area contributed by atoms with Gasteiger partial charge in [0.2, 0.25) is 0 Å². The number of ether oxygens (including phenoxy) is 2. The van der Waals surface area contributed by atoms with Crippen molar-refractivity contribution in [1.29, 1.82) is 0 Å². The smallest absolute Gasteiger partial charge is 0.190 e. The van der Waals surface area contributed by atoms with E-state index in [9.17, 15) is 30.0 Å². The molecule has 0 spiro atoms. The van der Waals surface area contributed by atoms with E-state index in [1.807, 2.05) is 53.7 Å². The van der Waals surface area contributed by atoms with E-state index in [1.54, 1.807) is 36.4 Å². The Bertz CT molecular complexity index is 2840. The molecule has 2 heterocycles. The van der Waals surface area contributed by atoms with Crippen LogP contribution < -0.4 is 20.3 Å². The maximum Gasteiger partial charge on any atom is 0.190 e. The highest BCUT2D eigenvalue weighted by Gasteiger charge is 2.29. The Balaban J connectivity index is 1.59. The molecule has 0 fully saturated rings. The molecule has 4 aliphatic rings. The third-order valence-electron chi connectivity index (χ3n) is 10.8. The second kappa shape index (κ2) is 12.8. The number of benzene rings is 6. The third kappa shape index (κ3) is 5.31. The second-order valence-electron chi connectivity index (χ2n) is 14.7. The lowest BCUT2D eigenvalue weighted by Gasteiger charge is -2.23. The molecule has 8 rings (SSSR count). The quantitative estimate of drug-likeness (QED) is 0.101. The molecule has 6 N–H and O–H groups in total. The third-order valence-corrected chi connectivity index (χ3v) is 10.8. The average molecular weight is 749 g/mol. The van der Waals surface area contributed by atoms with E-state index in [-0.39, 0.29) is 45.3 Å². The Morgan fingerprint density at radius 2 is 0.821 bits per heavy atom. The van der Waals surface area contributed by atoms with Crippen molar-refractivity contribution in [2.75, 3.05) is 14.2 Å². The maximum atomic E-state index is 14.1. The highest BCUT2D eigenvalue weighted by atomic mass is 16.5. The van der Waals surface area contributed by atoms with Crippen LogP contribution in [0.25, 0.3) is 77.2 Å². The molecule has 0 amide bonds. The van der Waals surface area contributed by atoms with Gasteiger partial charge in [-0.3, -0.25) is 9.59 Å². The number of hydrogen-bond donors (Lipinski definition) is 6.